The zero-order valence-electron chi connectivity index (χ0n) is 20.5. The highest BCUT2D eigenvalue weighted by Crippen LogP contribution is 2.17. The summed E-state index contributed by atoms with van der Waals surface area (Å²) >= 11 is 0. The predicted molar refractivity (Wildman–Crippen MR) is 133 cm³/mol. The van der Waals surface area contributed by atoms with Crippen LogP contribution in [0.5, 0.6) is 0 Å². The van der Waals surface area contributed by atoms with E-state index in [1.807, 2.05) is 0 Å². The highest BCUT2D eigenvalue weighted by atomic mass is 19.1. The van der Waals surface area contributed by atoms with E-state index in [1.54, 1.807) is 50.5 Å². The molecule has 36 heavy (non-hydrogen) atoms. The van der Waals surface area contributed by atoms with Crippen LogP contribution in [0.1, 0.15) is 24.0 Å². The molecule has 1 aliphatic rings. The summed E-state index contributed by atoms with van der Waals surface area (Å²) in [4.78, 5) is 43.9. The maximum atomic E-state index is 13.6. The number of ether oxygens (including phenoxy) is 1. The van der Waals surface area contributed by atoms with E-state index in [0.29, 0.717) is 35.2 Å². The third-order valence-electron chi connectivity index (χ3n) is 6.18. The average molecular weight is 496 g/mol. The second kappa shape index (κ2) is 11.3. The van der Waals surface area contributed by atoms with Crippen molar-refractivity contribution in [1.29, 1.82) is 0 Å². The van der Waals surface area contributed by atoms with Gasteiger partial charge in [0, 0.05) is 33.8 Å². The average Bonchev–Trinajstić information content (AvgIpc) is 3.38. The van der Waals surface area contributed by atoms with E-state index in [-0.39, 0.29) is 48.9 Å². The second-order valence-electron chi connectivity index (χ2n) is 9.16. The molecular formula is C27H30FN3O5. The third-order valence-corrected chi connectivity index (χ3v) is 6.18. The molecule has 0 radical (unpaired) electrons. The predicted octanol–water partition coefficient (Wildman–Crippen LogP) is 3.62. The van der Waals surface area contributed by atoms with Crippen molar-refractivity contribution in [3.63, 3.8) is 0 Å². The molecule has 9 heteroatoms. The molecule has 0 aliphatic carbocycles. The topological polar surface area (TPSA) is 83.3 Å². The van der Waals surface area contributed by atoms with Gasteiger partial charge in [0.15, 0.2) is 5.43 Å². The molecule has 0 N–H and O–H groups in total. The summed E-state index contributed by atoms with van der Waals surface area (Å²) in [5.74, 6) is -0.730. The lowest BCUT2D eigenvalue weighted by Crippen LogP contribution is -2.48. The number of hydrogen-bond acceptors (Lipinski definition) is 5. The van der Waals surface area contributed by atoms with Crippen molar-refractivity contribution in [2.24, 2.45) is 0 Å². The van der Waals surface area contributed by atoms with Gasteiger partial charge in [0.1, 0.15) is 17.9 Å². The number of para-hydroxylation sites is 1. The van der Waals surface area contributed by atoms with E-state index in [9.17, 15) is 18.8 Å². The van der Waals surface area contributed by atoms with Crippen LogP contribution >= 0.6 is 0 Å². The van der Waals surface area contributed by atoms with Crippen molar-refractivity contribution in [1.82, 2.24) is 14.7 Å². The van der Waals surface area contributed by atoms with Gasteiger partial charge in [-0.25, -0.2) is 9.18 Å². The molecule has 3 aromatic rings. The van der Waals surface area contributed by atoms with E-state index >= 15 is 0 Å². The molecule has 1 fully saturated rings. The first-order valence-corrected chi connectivity index (χ1v) is 11.9. The number of carbonyl (C=O) groups excluding carboxylic acids is 2. The van der Waals surface area contributed by atoms with Crippen LogP contribution in [0, 0.1) is 5.82 Å². The van der Waals surface area contributed by atoms with Gasteiger partial charge >= 0.3 is 6.03 Å². The van der Waals surface area contributed by atoms with E-state index in [0.717, 1.165) is 12.8 Å². The van der Waals surface area contributed by atoms with E-state index in [1.165, 1.54) is 33.1 Å². The van der Waals surface area contributed by atoms with Crippen molar-refractivity contribution < 1.29 is 23.1 Å². The van der Waals surface area contributed by atoms with Crippen LogP contribution in [0.15, 0.2) is 64.0 Å². The maximum absolute atomic E-state index is 13.6. The van der Waals surface area contributed by atoms with Crippen LogP contribution in [-0.2, 0) is 22.6 Å². The highest BCUT2D eigenvalue weighted by molar-refractivity contribution is 5.84. The minimum atomic E-state index is -0.383. The fraction of sp³-hybridized carbons (Fsp3) is 0.370. The Bertz CT molecular complexity index is 1270. The van der Waals surface area contributed by atoms with E-state index < -0.39 is 0 Å². The monoisotopic (exact) mass is 495 g/mol. The normalized spacial score (nSPS) is 15.1. The largest absolute Gasteiger partial charge is 0.464 e. The van der Waals surface area contributed by atoms with E-state index in [4.69, 9.17) is 9.15 Å². The number of rotatable bonds is 8. The summed E-state index contributed by atoms with van der Waals surface area (Å²) < 4.78 is 24.8. The number of amides is 3. The van der Waals surface area contributed by atoms with Gasteiger partial charge in [-0.3, -0.25) is 9.59 Å². The lowest BCUT2D eigenvalue weighted by Gasteiger charge is -2.30. The molecule has 3 amide bonds. The van der Waals surface area contributed by atoms with E-state index in [2.05, 4.69) is 0 Å². The van der Waals surface area contributed by atoms with Gasteiger partial charge in [-0.05, 0) is 42.7 Å². The van der Waals surface area contributed by atoms with Gasteiger partial charge in [-0.15, -0.1) is 0 Å². The van der Waals surface area contributed by atoms with Crippen molar-refractivity contribution in [2.45, 2.75) is 32.0 Å². The van der Waals surface area contributed by atoms with Gasteiger partial charge in [0.2, 0.25) is 5.91 Å². The zero-order valence-corrected chi connectivity index (χ0v) is 20.5. The van der Waals surface area contributed by atoms with Gasteiger partial charge in [0.05, 0.1) is 29.9 Å². The number of urea groups is 1. The van der Waals surface area contributed by atoms with Crippen LogP contribution in [0.2, 0.25) is 0 Å². The summed E-state index contributed by atoms with van der Waals surface area (Å²) in [5, 5.41) is 0.423. The molecule has 1 atom stereocenters. The molecule has 8 nitrogen and oxygen atoms in total. The van der Waals surface area contributed by atoms with Crippen molar-refractivity contribution in [3.8, 4) is 0 Å². The van der Waals surface area contributed by atoms with Crippen LogP contribution in [-0.4, -0.2) is 66.5 Å². The minimum Gasteiger partial charge on any atom is -0.464 e. The number of hydrogen-bond donors (Lipinski definition) is 0. The number of benzene rings is 2. The van der Waals surface area contributed by atoms with Crippen LogP contribution < -0.4 is 5.43 Å². The van der Waals surface area contributed by atoms with Gasteiger partial charge in [-0.2, -0.15) is 0 Å². The Kier molecular flexibility index (Phi) is 8.00. The van der Waals surface area contributed by atoms with Gasteiger partial charge in [0.25, 0.3) is 0 Å². The first kappa shape index (κ1) is 25.4. The van der Waals surface area contributed by atoms with Gasteiger partial charge in [-0.1, -0.05) is 24.3 Å². The summed E-state index contributed by atoms with van der Waals surface area (Å²) in [6, 6.07) is 12.4. The molecule has 2 heterocycles. The number of nitrogens with zero attached hydrogens (tertiary/aromatic N) is 3. The molecule has 1 aromatic heterocycles. The Balaban J connectivity index is 1.60. The second-order valence-corrected chi connectivity index (χ2v) is 9.16. The molecule has 1 saturated heterocycles. The fourth-order valence-corrected chi connectivity index (χ4v) is 4.27. The Morgan fingerprint density at radius 3 is 2.47 bits per heavy atom. The molecule has 0 saturated carbocycles. The van der Waals surface area contributed by atoms with Crippen molar-refractivity contribution in [3.05, 3.63) is 82.0 Å². The number of fused-ring (bicyclic) bond motifs is 1. The van der Waals surface area contributed by atoms with Crippen molar-refractivity contribution >= 4 is 22.9 Å². The summed E-state index contributed by atoms with van der Waals surface area (Å²) in [6.07, 6.45) is 2.98. The summed E-state index contributed by atoms with van der Waals surface area (Å²) in [5.41, 5.74) is 1.24. The smallest absolute Gasteiger partial charge is 0.320 e. The molecule has 2 aromatic carbocycles. The minimum absolute atomic E-state index is 0.0205. The molecule has 0 bridgehead atoms. The van der Waals surface area contributed by atoms with Crippen molar-refractivity contribution in [2.75, 3.05) is 33.8 Å². The molecule has 1 aliphatic heterocycles. The fourth-order valence-electron chi connectivity index (χ4n) is 4.27. The van der Waals surface area contributed by atoms with Crippen LogP contribution in [0.25, 0.3) is 11.0 Å². The molecule has 190 valence electrons. The lowest BCUT2D eigenvalue weighted by molar-refractivity contribution is -0.133. The maximum Gasteiger partial charge on any atom is 0.320 e. The Morgan fingerprint density at radius 2 is 1.78 bits per heavy atom. The molecule has 1 unspecified atom stereocenters. The third kappa shape index (κ3) is 6.09. The van der Waals surface area contributed by atoms with Crippen LogP contribution in [0.4, 0.5) is 9.18 Å². The quantitative estimate of drug-likeness (QED) is 0.477. The Hall–Kier alpha value is -3.72. The lowest BCUT2D eigenvalue weighted by atomic mass is 10.1. The zero-order chi connectivity index (χ0) is 25.7. The Labute approximate surface area is 208 Å². The standard InChI is InChI=1S/C27H30FN3O5/c1-29(2)27(34)31(16-22-6-5-13-35-22)17-25(32)30(14-19-9-11-21(28)12-10-19)15-20-18-36-24-8-4-3-7-23(24)26(20)33/h3-4,7-12,18,22H,5-6,13-17H2,1-2H3. The molecule has 4 rings (SSSR count). The number of carbonyl (C=O) groups is 2. The number of halogens is 1. The summed E-state index contributed by atoms with van der Waals surface area (Å²) in [7, 11) is 3.26. The molecule has 0 spiro atoms. The van der Waals surface area contributed by atoms with Gasteiger partial charge < -0.3 is 23.9 Å². The molecular weight excluding hydrogens is 465 g/mol. The first-order chi connectivity index (χ1) is 17.3. The SMILES string of the molecule is CN(C)C(=O)N(CC(=O)N(Cc1ccc(F)cc1)Cc1coc2ccccc2c1=O)CC1CCCO1. The first-order valence-electron chi connectivity index (χ1n) is 11.9. The highest BCUT2D eigenvalue weighted by Gasteiger charge is 2.28. The van der Waals surface area contributed by atoms with Crippen LogP contribution in [0.3, 0.4) is 0 Å². The Morgan fingerprint density at radius 1 is 1.03 bits per heavy atom. The summed E-state index contributed by atoms with van der Waals surface area (Å²) in [6.45, 7) is 0.863.